The van der Waals surface area contributed by atoms with Crippen LogP contribution >= 0.6 is 0 Å². The molecule has 4 aromatic rings. The van der Waals surface area contributed by atoms with Gasteiger partial charge in [0.25, 0.3) is 0 Å². The minimum absolute atomic E-state index is 0.266. The van der Waals surface area contributed by atoms with Gasteiger partial charge in [0, 0.05) is 10.9 Å². The van der Waals surface area contributed by atoms with Crippen LogP contribution in [0.2, 0.25) is 0 Å². The Morgan fingerprint density at radius 2 is 1.46 bits per heavy atom. The zero-order valence-electron chi connectivity index (χ0n) is 15.7. The van der Waals surface area contributed by atoms with E-state index in [2.05, 4.69) is 25.1 Å². The maximum atomic E-state index is 15.2. The Hall–Kier alpha value is -2.81. The zero-order valence-corrected chi connectivity index (χ0v) is 15.7. The van der Waals surface area contributed by atoms with Gasteiger partial charge in [-0.2, -0.15) is 0 Å². The Morgan fingerprint density at radius 1 is 0.679 bits per heavy atom. The van der Waals surface area contributed by atoms with Gasteiger partial charge in [-0.1, -0.05) is 68.3 Å². The number of benzene rings is 4. The summed E-state index contributed by atoms with van der Waals surface area (Å²) in [4.78, 5) is 0. The number of halogens is 3. The lowest BCUT2D eigenvalue weighted by atomic mass is 9.95. The fraction of sp³-hybridized carbons (Fsp3) is 0.200. The average Bonchev–Trinajstić information content (AvgIpc) is 2.70. The molecule has 4 aromatic carbocycles. The molecule has 0 unspecified atom stereocenters. The van der Waals surface area contributed by atoms with Crippen molar-refractivity contribution in [1.82, 2.24) is 0 Å². The van der Waals surface area contributed by atoms with E-state index in [0.717, 1.165) is 34.7 Å². The molecule has 0 aliphatic rings. The van der Waals surface area contributed by atoms with Crippen LogP contribution in [0.3, 0.4) is 0 Å². The summed E-state index contributed by atoms with van der Waals surface area (Å²) in [5.41, 5.74) is 1.88. The molecule has 0 aliphatic carbocycles. The second-order valence-corrected chi connectivity index (χ2v) is 7.23. The van der Waals surface area contributed by atoms with E-state index in [0.29, 0.717) is 10.9 Å². The summed E-state index contributed by atoms with van der Waals surface area (Å²) in [6.07, 6.45) is 4.62. The summed E-state index contributed by atoms with van der Waals surface area (Å²) in [5.74, 6) is -2.34. The molecule has 0 amide bonds. The number of fused-ring (bicyclic) bond motifs is 3. The Balaban J connectivity index is 1.79. The van der Waals surface area contributed by atoms with Crippen LogP contribution in [0.5, 0.6) is 0 Å². The van der Waals surface area contributed by atoms with Crippen LogP contribution in [0.1, 0.15) is 31.7 Å². The Kier molecular flexibility index (Phi) is 5.08. The third kappa shape index (κ3) is 3.37. The van der Waals surface area contributed by atoms with E-state index in [4.69, 9.17) is 0 Å². The van der Waals surface area contributed by atoms with Crippen molar-refractivity contribution in [2.24, 2.45) is 0 Å². The Bertz CT molecular complexity index is 1160. The molecular weight excluding hydrogens is 357 g/mol. The monoisotopic (exact) mass is 378 g/mol. The molecule has 0 atom stereocenters. The van der Waals surface area contributed by atoms with Crippen molar-refractivity contribution in [2.45, 2.75) is 32.6 Å². The molecule has 0 aliphatic heterocycles. The predicted octanol–water partition coefficient (Wildman–Crippen LogP) is 7.81. The van der Waals surface area contributed by atoms with Gasteiger partial charge >= 0.3 is 0 Å². The molecule has 0 spiro atoms. The molecule has 0 fully saturated rings. The molecule has 0 saturated carbocycles. The van der Waals surface area contributed by atoms with Gasteiger partial charge in [-0.25, -0.2) is 13.2 Å². The summed E-state index contributed by atoms with van der Waals surface area (Å²) in [7, 11) is 0. The van der Waals surface area contributed by atoms with E-state index in [-0.39, 0.29) is 5.56 Å². The molecule has 0 saturated heterocycles. The molecule has 0 aromatic heterocycles. The van der Waals surface area contributed by atoms with Gasteiger partial charge in [0.1, 0.15) is 5.82 Å². The maximum absolute atomic E-state index is 15.2. The highest BCUT2D eigenvalue weighted by atomic mass is 19.2. The SMILES string of the molecule is CCCCCc1ccc2c(ccc3c(F)c(-c4ccc(F)c(F)c4)ccc32)c1. The van der Waals surface area contributed by atoms with Gasteiger partial charge in [-0.15, -0.1) is 0 Å². The van der Waals surface area contributed by atoms with E-state index in [1.165, 1.54) is 30.9 Å². The van der Waals surface area contributed by atoms with E-state index in [1.54, 1.807) is 12.1 Å². The van der Waals surface area contributed by atoms with E-state index < -0.39 is 17.5 Å². The Morgan fingerprint density at radius 3 is 2.25 bits per heavy atom. The van der Waals surface area contributed by atoms with Gasteiger partial charge in [-0.3, -0.25) is 0 Å². The van der Waals surface area contributed by atoms with Crippen LogP contribution in [0.4, 0.5) is 13.2 Å². The van der Waals surface area contributed by atoms with Crippen LogP contribution in [0, 0.1) is 17.5 Å². The van der Waals surface area contributed by atoms with E-state index >= 15 is 4.39 Å². The highest BCUT2D eigenvalue weighted by Gasteiger charge is 2.13. The minimum Gasteiger partial charge on any atom is -0.206 e. The van der Waals surface area contributed by atoms with Crippen LogP contribution in [0.15, 0.2) is 60.7 Å². The number of hydrogen-bond acceptors (Lipinski definition) is 0. The number of unbranched alkanes of at least 4 members (excludes halogenated alkanes) is 2. The molecule has 0 nitrogen and oxygen atoms in total. The topological polar surface area (TPSA) is 0 Å². The number of aryl methyl sites for hydroxylation is 1. The normalized spacial score (nSPS) is 11.4. The molecule has 3 heteroatoms. The van der Waals surface area contributed by atoms with E-state index in [1.807, 2.05) is 12.1 Å². The highest BCUT2D eigenvalue weighted by molar-refractivity contribution is 6.08. The van der Waals surface area contributed by atoms with Crippen molar-refractivity contribution in [1.29, 1.82) is 0 Å². The predicted molar refractivity (Wildman–Crippen MR) is 110 cm³/mol. The van der Waals surface area contributed by atoms with Crippen LogP contribution in [-0.2, 0) is 6.42 Å². The van der Waals surface area contributed by atoms with Crippen LogP contribution in [-0.4, -0.2) is 0 Å². The second-order valence-electron chi connectivity index (χ2n) is 7.23. The largest absolute Gasteiger partial charge is 0.206 e. The van der Waals surface area contributed by atoms with E-state index in [9.17, 15) is 8.78 Å². The number of hydrogen-bond donors (Lipinski definition) is 0. The quantitative estimate of drug-likeness (QED) is 0.245. The first-order chi connectivity index (χ1) is 13.6. The average molecular weight is 378 g/mol. The summed E-state index contributed by atoms with van der Waals surface area (Å²) in [6, 6.07) is 17.0. The molecule has 28 heavy (non-hydrogen) atoms. The molecular formula is C25H21F3. The van der Waals surface area contributed by atoms with Crippen molar-refractivity contribution < 1.29 is 13.2 Å². The third-order valence-electron chi connectivity index (χ3n) is 5.32. The zero-order chi connectivity index (χ0) is 19.7. The Labute approximate surface area is 162 Å². The first kappa shape index (κ1) is 18.5. The minimum atomic E-state index is -0.980. The van der Waals surface area contributed by atoms with Crippen molar-refractivity contribution in [3.63, 3.8) is 0 Å². The van der Waals surface area contributed by atoms with Gasteiger partial charge in [0.2, 0.25) is 0 Å². The molecule has 0 radical (unpaired) electrons. The fourth-order valence-electron chi connectivity index (χ4n) is 3.78. The smallest absolute Gasteiger partial charge is 0.159 e. The summed E-state index contributed by atoms with van der Waals surface area (Å²) in [6.45, 7) is 2.19. The van der Waals surface area contributed by atoms with Gasteiger partial charge in [-0.05, 0) is 52.3 Å². The molecule has 142 valence electrons. The first-order valence-corrected chi connectivity index (χ1v) is 9.68. The van der Waals surface area contributed by atoms with Crippen molar-refractivity contribution in [3.8, 4) is 11.1 Å². The lowest BCUT2D eigenvalue weighted by Gasteiger charge is -2.11. The summed E-state index contributed by atoms with van der Waals surface area (Å²) >= 11 is 0. The summed E-state index contributed by atoms with van der Waals surface area (Å²) < 4.78 is 42.0. The lowest BCUT2D eigenvalue weighted by Crippen LogP contribution is -1.91. The number of rotatable bonds is 5. The van der Waals surface area contributed by atoms with Crippen LogP contribution < -0.4 is 0 Å². The fourth-order valence-corrected chi connectivity index (χ4v) is 3.78. The second kappa shape index (κ2) is 7.67. The molecule has 4 rings (SSSR count). The highest BCUT2D eigenvalue weighted by Crippen LogP contribution is 2.34. The summed E-state index contributed by atoms with van der Waals surface area (Å²) in [5, 5.41) is 3.38. The van der Waals surface area contributed by atoms with Gasteiger partial charge in [0.15, 0.2) is 11.6 Å². The lowest BCUT2D eigenvalue weighted by molar-refractivity contribution is 0.509. The van der Waals surface area contributed by atoms with Crippen molar-refractivity contribution >= 4 is 21.5 Å². The maximum Gasteiger partial charge on any atom is 0.159 e. The molecule has 0 heterocycles. The van der Waals surface area contributed by atoms with Crippen LogP contribution in [0.25, 0.3) is 32.7 Å². The third-order valence-corrected chi connectivity index (χ3v) is 5.32. The van der Waals surface area contributed by atoms with Gasteiger partial charge in [0.05, 0.1) is 0 Å². The molecule has 0 N–H and O–H groups in total. The molecule has 0 bridgehead atoms. The first-order valence-electron chi connectivity index (χ1n) is 9.68. The van der Waals surface area contributed by atoms with Crippen molar-refractivity contribution in [2.75, 3.05) is 0 Å². The van der Waals surface area contributed by atoms with Gasteiger partial charge < -0.3 is 0 Å². The van der Waals surface area contributed by atoms with Crippen molar-refractivity contribution in [3.05, 3.63) is 83.7 Å². The standard InChI is InChI=1S/C25H21F3/c1-2-3-4-5-16-6-9-19-17(14-16)7-10-22-21(19)12-11-20(25(22)28)18-8-13-23(26)24(27)15-18/h6-15H,2-5H2,1H3.